The average Bonchev–Trinajstić information content (AvgIpc) is 2.77. The molecule has 3 heteroatoms. The molecular formula is C15H22N2S. The van der Waals surface area contributed by atoms with Gasteiger partial charge in [0.15, 0.2) is 0 Å². The molecule has 0 atom stereocenters. The zero-order valence-electron chi connectivity index (χ0n) is 11.4. The third-order valence-corrected chi connectivity index (χ3v) is 3.70. The smallest absolute Gasteiger partial charge is 0.0526 e. The number of nitrogens with one attached hydrogen (secondary N) is 1. The number of aryl methyl sites for hydroxylation is 1. The van der Waals surface area contributed by atoms with E-state index in [-0.39, 0.29) is 0 Å². The molecule has 0 saturated carbocycles. The zero-order chi connectivity index (χ0) is 13.0. The third-order valence-electron chi connectivity index (χ3n) is 3.11. The van der Waals surface area contributed by atoms with Gasteiger partial charge >= 0.3 is 0 Å². The predicted molar refractivity (Wildman–Crippen MR) is 82.3 cm³/mol. The summed E-state index contributed by atoms with van der Waals surface area (Å²) in [5, 5.41) is 4.85. The van der Waals surface area contributed by atoms with Crippen LogP contribution in [0.2, 0.25) is 0 Å². The van der Waals surface area contributed by atoms with E-state index in [1.807, 2.05) is 11.8 Å². The van der Waals surface area contributed by atoms with Gasteiger partial charge in [-0.15, -0.1) is 0 Å². The number of para-hydroxylation sites is 1. The Balaban J connectivity index is 2.29. The van der Waals surface area contributed by atoms with Crippen LogP contribution in [-0.2, 0) is 13.1 Å². The summed E-state index contributed by atoms with van der Waals surface area (Å²) in [6, 6.07) is 9.32. The number of nitrogens with zero attached hydrogens (tertiary/aromatic N) is 1. The Morgan fingerprint density at radius 1 is 1.28 bits per heavy atom. The summed E-state index contributed by atoms with van der Waals surface area (Å²) < 4.78 is 2.38. The maximum atomic E-state index is 3.51. The van der Waals surface area contributed by atoms with Crippen LogP contribution in [0.4, 0.5) is 0 Å². The summed E-state index contributed by atoms with van der Waals surface area (Å²) >= 11 is 1.90. The normalized spacial score (nSPS) is 11.6. The van der Waals surface area contributed by atoms with Gasteiger partial charge in [-0.1, -0.05) is 32.0 Å². The molecule has 0 bridgehead atoms. The fourth-order valence-corrected chi connectivity index (χ4v) is 2.55. The van der Waals surface area contributed by atoms with Crippen molar-refractivity contribution in [3.8, 4) is 0 Å². The lowest BCUT2D eigenvalue weighted by Gasteiger charge is -2.12. The van der Waals surface area contributed by atoms with Gasteiger partial charge in [0.05, 0.1) is 5.52 Å². The summed E-state index contributed by atoms with van der Waals surface area (Å²) in [5.41, 5.74) is 2.78. The van der Waals surface area contributed by atoms with Crippen LogP contribution in [0.3, 0.4) is 0 Å². The molecule has 1 heterocycles. The van der Waals surface area contributed by atoms with Crippen molar-refractivity contribution in [2.24, 2.45) is 0 Å². The summed E-state index contributed by atoms with van der Waals surface area (Å²) in [5.74, 6) is 1.16. The lowest BCUT2D eigenvalue weighted by molar-refractivity contribution is 0.589. The van der Waals surface area contributed by atoms with Crippen molar-refractivity contribution in [3.63, 3.8) is 0 Å². The van der Waals surface area contributed by atoms with Gasteiger partial charge in [0.2, 0.25) is 0 Å². The molecule has 0 unspecified atom stereocenters. The van der Waals surface area contributed by atoms with Gasteiger partial charge in [-0.05, 0) is 23.3 Å². The van der Waals surface area contributed by atoms with Crippen molar-refractivity contribution in [1.82, 2.24) is 9.88 Å². The molecule has 2 rings (SSSR count). The zero-order valence-corrected chi connectivity index (χ0v) is 12.3. The largest absolute Gasteiger partial charge is 0.346 e. The summed E-state index contributed by atoms with van der Waals surface area (Å²) in [4.78, 5) is 0. The molecule has 0 spiro atoms. The van der Waals surface area contributed by atoms with E-state index in [1.165, 1.54) is 16.5 Å². The van der Waals surface area contributed by atoms with Crippen molar-refractivity contribution in [2.45, 2.75) is 33.0 Å². The van der Waals surface area contributed by atoms with Gasteiger partial charge in [-0.25, -0.2) is 0 Å². The van der Waals surface area contributed by atoms with Crippen LogP contribution in [0, 0.1) is 0 Å². The van der Waals surface area contributed by atoms with Gasteiger partial charge in [0, 0.05) is 31.1 Å². The molecule has 1 N–H and O–H groups in total. The summed E-state index contributed by atoms with van der Waals surface area (Å²) in [7, 11) is 0. The molecule has 2 nitrogen and oxygen atoms in total. The Labute approximate surface area is 114 Å². The fourth-order valence-electron chi connectivity index (χ4n) is 2.17. The molecule has 0 radical (unpaired) electrons. The molecule has 98 valence electrons. The number of aromatic nitrogens is 1. The number of benzene rings is 1. The molecule has 1 aromatic carbocycles. The maximum Gasteiger partial charge on any atom is 0.0526 e. The highest BCUT2D eigenvalue weighted by atomic mass is 32.2. The van der Waals surface area contributed by atoms with Gasteiger partial charge in [-0.3, -0.25) is 0 Å². The molecule has 0 fully saturated rings. The van der Waals surface area contributed by atoms with Gasteiger partial charge in [-0.2, -0.15) is 11.8 Å². The van der Waals surface area contributed by atoms with E-state index in [0.29, 0.717) is 6.04 Å². The molecule has 1 aromatic heterocycles. The quantitative estimate of drug-likeness (QED) is 0.858. The second-order valence-corrected chi connectivity index (χ2v) is 5.88. The molecule has 2 aromatic rings. The molecule has 18 heavy (non-hydrogen) atoms. The molecule has 0 aliphatic rings. The second kappa shape index (κ2) is 6.30. The Hall–Kier alpha value is -0.930. The minimum absolute atomic E-state index is 0.523. The lowest BCUT2D eigenvalue weighted by atomic mass is 10.1. The number of hydrogen-bond acceptors (Lipinski definition) is 2. The highest BCUT2D eigenvalue weighted by molar-refractivity contribution is 7.98. The van der Waals surface area contributed by atoms with E-state index in [2.05, 4.69) is 60.4 Å². The van der Waals surface area contributed by atoms with E-state index in [4.69, 9.17) is 0 Å². The Kier molecular flexibility index (Phi) is 4.72. The molecule has 0 saturated heterocycles. The van der Waals surface area contributed by atoms with Gasteiger partial charge in [0.1, 0.15) is 0 Å². The molecule has 0 aliphatic heterocycles. The monoisotopic (exact) mass is 262 g/mol. The highest BCUT2D eigenvalue weighted by Gasteiger charge is 2.06. The first kappa shape index (κ1) is 13.5. The maximum absolute atomic E-state index is 3.51. The van der Waals surface area contributed by atoms with Crippen LogP contribution < -0.4 is 5.32 Å². The second-order valence-electron chi connectivity index (χ2n) is 4.89. The van der Waals surface area contributed by atoms with E-state index < -0.39 is 0 Å². The standard InChI is InChI=1S/C15H22N2S/c1-12(2)16-11-14-6-4-5-13-7-8-17(15(13)14)9-10-18-3/h4-8,12,16H,9-11H2,1-3H3. The van der Waals surface area contributed by atoms with Crippen LogP contribution >= 0.6 is 11.8 Å². The van der Waals surface area contributed by atoms with Crippen LogP contribution in [0.5, 0.6) is 0 Å². The van der Waals surface area contributed by atoms with Crippen LogP contribution in [0.15, 0.2) is 30.5 Å². The SMILES string of the molecule is CSCCn1ccc2cccc(CNC(C)C)c21. The summed E-state index contributed by atoms with van der Waals surface area (Å²) in [6.07, 6.45) is 4.37. The first-order chi connectivity index (χ1) is 8.72. The minimum Gasteiger partial charge on any atom is -0.346 e. The number of rotatable bonds is 6. The van der Waals surface area contributed by atoms with E-state index in [1.54, 1.807) is 0 Å². The van der Waals surface area contributed by atoms with E-state index in [0.717, 1.165) is 18.8 Å². The van der Waals surface area contributed by atoms with Crippen molar-refractivity contribution in [1.29, 1.82) is 0 Å². The number of hydrogen-bond donors (Lipinski definition) is 1. The van der Waals surface area contributed by atoms with Crippen molar-refractivity contribution >= 4 is 22.7 Å². The third kappa shape index (κ3) is 3.09. The Bertz CT molecular complexity index is 502. The first-order valence-electron chi connectivity index (χ1n) is 6.51. The lowest BCUT2D eigenvalue weighted by Crippen LogP contribution is -2.22. The Morgan fingerprint density at radius 3 is 2.83 bits per heavy atom. The minimum atomic E-state index is 0.523. The topological polar surface area (TPSA) is 17.0 Å². The first-order valence-corrected chi connectivity index (χ1v) is 7.91. The molecule has 0 aliphatic carbocycles. The predicted octanol–water partition coefficient (Wildman–Crippen LogP) is 3.50. The van der Waals surface area contributed by atoms with Gasteiger partial charge in [0.25, 0.3) is 0 Å². The van der Waals surface area contributed by atoms with Crippen LogP contribution in [0.1, 0.15) is 19.4 Å². The molecular weight excluding hydrogens is 240 g/mol. The van der Waals surface area contributed by atoms with Crippen molar-refractivity contribution in [2.75, 3.05) is 12.0 Å². The van der Waals surface area contributed by atoms with E-state index in [9.17, 15) is 0 Å². The number of thioether (sulfide) groups is 1. The van der Waals surface area contributed by atoms with E-state index >= 15 is 0 Å². The summed E-state index contributed by atoms with van der Waals surface area (Å²) in [6.45, 7) is 6.40. The highest BCUT2D eigenvalue weighted by Crippen LogP contribution is 2.21. The number of fused-ring (bicyclic) bond motifs is 1. The van der Waals surface area contributed by atoms with Crippen molar-refractivity contribution in [3.05, 3.63) is 36.0 Å². The van der Waals surface area contributed by atoms with Crippen molar-refractivity contribution < 1.29 is 0 Å². The van der Waals surface area contributed by atoms with Crippen LogP contribution in [-0.4, -0.2) is 22.6 Å². The Morgan fingerprint density at radius 2 is 2.11 bits per heavy atom. The van der Waals surface area contributed by atoms with Crippen LogP contribution in [0.25, 0.3) is 10.9 Å². The van der Waals surface area contributed by atoms with Gasteiger partial charge < -0.3 is 9.88 Å². The molecule has 0 amide bonds. The fraction of sp³-hybridized carbons (Fsp3) is 0.467. The average molecular weight is 262 g/mol.